The fourth-order valence-corrected chi connectivity index (χ4v) is 4.88. The Labute approximate surface area is 220 Å². The first-order valence-corrected chi connectivity index (χ1v) is 12.2. The molecule has 1 saturated heterocycles. The van der Waals surface area contributed by atoms with Gasteiger partial charge in [-0.1, -0.05) is 54.6 Å². The fraction of sp³-hybridized carbons (Fsp3) is 0.100. The van der Waals surface area contributed by atoms with Crippen LogP contribution in [0.5, 0.6) is 5.75 Å². The summed E-state index contributed by atoms with van der Waals surface area (Å²) in [6.07, 6.45) is 1.62. The molecular weight excluding hydrogens is 482 g/mol. The summed E-state index contributed by atoms with van der Waals surface area (Å²) in [6, 6.07) is 27.5. The van der Waals surface area contributed by atoms with Crippen molar-refractivity contribution in [1.82, 2.24) is 9.88 Å². The summed E-state index contributed by atoms with van der Waals surface area (Å²) in [5.74, 6) is -0.556. The summed E-state index contributed by atoms with van der Waals surface area (Å²) in [7, 11) is 1.52. The molecule has 0 saturated carbocycles. The zero-order valence-corrected chi connectivity index (χ0v) is 21.5. The van der Waals surface area contributed by atoms with Gasteiger partial charge in [0.2, 0.25) is 0 Å². The van der Waals surface area contributed by atoms with Gasteiger partial charge in [-0.25, -0.2) is 4.90 Å². The van der Waals surface area contributed by atoms with Crippen LogP contribution in [0.3, 0.4) is 0 Å². The van der Waals surface area contributed by atoms with Crippen LogP contribution in [-0.4, -0.2) is 28.6 Å². The molecule has 0 radical (unpaired) electrons. The van der Waals surface area contributed by atoms with Gasteiger partial charge in [0, 0.05) is 17.1 Å². The Morgan fingerprint density at radius 3 is 2.22 bits per heavy atom. The standard InChI is InChI=1S/C30H25N3O3S/c1-19-17-23(20(2)32(19)24-15-13-22(14-16-24)21-9-5-4-6-10-21)18-25-28(34)31-30(37)33(29(25)35)26-11-7-8-12-27(26)36-3/h4-18H,1-3H3,(H,31,34,37)/b25-18-. The van der Waals surface area contributed by atoms with Gasteiger partial charge in [-0.3, -0.25) is 14.9 Å². The molecular formula is C30H25N3O3S. The number of nitrogens with zero attached hydrogens (tertiary/aromatic N) is 2. The third-order valence-electron chi connectivity index (χ3n) is 6.43. The number of nitrogens with one attached hydrogen (secondary N) is 1. The van der Waals surface area contributed by atoms with Crippen LogP contribution in [0.25, 0.3) is 22.9 Å². The highest BCUT2D eigenvalue weighted by atomic mass is 32.1. The SMILES string of the molecule is COc1ccccc1N1C(=O)/C(=C\c2cc(C)n(-c3ccc(-c4ccccc4)cc3)c2C)C(=O)NC1=S. The van der Waals surface area contributed by atoms with E-state index in [9.17, 15) is 9.59 Å². The van der Waals surface area contributed by atoms with Crippen LogP contribution in [0.15, 0.2) is 90.5 Å². The zero-order chi connectivity index (χ0) is 26.1. The number of carbonyl (C=O) groups excluding carboxylic acids is 2. The molecule has 1 aromatic heterocycles. The number of benzene rings is 3. The maximum absolute atomic E-state index is 13.5. The number of hydrogen-bond donors (Lipinski definition) is 1. The van der Waals surface area contributed by atoms with Crippen LogP contribution >= 0.6 is 12.2 Å². The number of ether oxygens (including phenoxy) is 1. The van der Waals surface area contributed by atoms with Crippen LogP contribution in [0, 0.1) is 13.8 Å². The van der Waals surface area contributed by atoms with E-state index in [0.29, 0.717) is 11.4 Å². The van der Waals surface area contributed by atoms with Gasteiger partial charge in [-0.2, -0.15) is 0 Å². The van der Waals surface area contributed by atoms with Gasteiger partial charge < -0.3 is 9.30 Å². The molecule has 7 heteroatoms. The average Bonchev–Trinajstić information content (AvgIpc) is 3.19. The van der Waals surface area contributed by atoms with Crippen molar-refractivity contribution in [2.24, 2.45) is 0 Å². The second kappa shape index (κ2) is 9.87. The lowest BCUT2D eigenvalue weighted by Gasteiger charge is -2.29. The normalized spacial score (nSPS) is 14.7. The van der Waals surface area contributed by atoms with Crippen molar-refractivity contribution < 1.29 is 14.3 Å². The van der Waals surface area contributed by atoms with Gasteiger partial charge in [-0.15, -0.1) is 0 Å². The number of methoxy groups -OCH3 is 1. The van der Waals surface area contributed by atoms with E-state index in [0.717, 1.165) is 33.8 Å². The van der Waals surface area contributed by atoms with Crippen LogP contribution in [-0.2, 0) is 9.59 Å². The third kappa shape index (κ3) is 4.45. The van der Waals surface area contributed by atoms with E-state index in [-0.39, 0.29) is 10.7 Å². The van der Waals surface area contributed by atoms with Crippen molar-refractivity contribution in [2.75, 3.05) is 12.0 Å². The second-order valence-electron chi connectivity index (χ2n) is 8.70. The van der Waals surface area contributed by atoms with E-state index in [1.807, 2.05) is 38.1 Å². The molecule has 1 N–H and O–H groups in total. The lowest BCUT2D eigenvalue weighted by Crippen LogP contribution is -2.54. The van der Waals surface area contributed by atoms with E-state index < -0.39 is 11.8 Å². The Morgan fingerprint density at radius 1 is 0.865 bits per heavy atom. The summed E-state index contributed by atoms with van der Waals surface area (Å²) < 4.78 is 7.52. The van der Waals surface area contributed by atoms with E-state index in [1.165, 1.54) is 12.0 Å². The Balaban J connectivity index is 1.51. The van der Waals surface area contributed by atoms with Crippen molar-refractivity contribution >= 4 is 40.9 Å². The third-order valence-corrected chi connectivity index (χ3v) is 6.72. The number of hydrogen-bond acceptors (Lipinski definition) is 4. The Kier molecular flexibility index (Phi) is 6.46. The van der Waals surface area contributed by atoms with Crippen molar-refractivity contribution in [3.05, 3.63) is 107 Å². The topological polar surface area (TPSA) is 63.6 Å². The predicted molar refractivity (Wildman–Crippen MR) is 150 cm³/mol. The van der Waals surface area contributed by atoms with Crippen LogP contribution in [0.1, 0.15) is 17.0 Å². The molecule has 0 aliphatic carbocycles. The highest BCUT2D eigenvalue weighted by Gasteiger charge is 2.36. The number of amides is 2. The van der Waals surface area contributed by atoms with Gasteiger partial charge in [0.25, 0.3) is 11.8 Å². The highest BCUT2D eigenvalue weighted by molar-refractivity contribution is 7.80. The van der Waals surface area contributed by atoms with Crippen molar-refractivity contribution in [3.8, 4) is 22.6 Å². The minimum absolute atomic E-state index is 0.000758. The number of aryl methyl sites for hydroxylation is 1. The largest absolute Gasteiger partial charge is 0.495 e. The highest BCUT2D eigenvalue weighted by Crippen LogP contribution is 2.32. The molecule has 5 rings (SSSR count). The van der Waals surface area contributed by atoms with E-state index in [1.54, 1.807) is 30.3 Å². The van der Waals surface area contributed by atoms with Gasteiger partial charge in [-0.05, 0) is 79.2 Å². The Morgan fingerprint density at radius 2 is 1.51 bits per heavy atom. The van der Waals surface area contributed by atoms with Crippen molar-refractivity contribution in [3.63, 3.8) is 0 Å². The molecule has 2 amide bonds. The molecule has 1 aliphatic rings. The van der Waals surface area contributed by atoms with Gasteiger partial charge in [0.05, 0.1) is 12.8 Å². The van der Waals surface area contributed by atoms with Crippen LogP contribution in [0.2, 0.25) is 0 Å². The monoisotopic (exact) mass is 507 g/mol. The molecule has 4 aromatic rings. The minimum atomic E-state index is -0.529. The first-order chi connectivity index (χ1) is 17.9. The molecule has 1 aliphatic heterocycles. The van der Waals surface area contributed by atoms with E-state index in [2.05, 4.69) is 46.3 Å². The summed E-state index contributed by atoms with van der Waals surface area (Å²) in [5, 5.41) is 2.66. The molecule has 0 bridgehead atoms. The number of aromatic nitrogens is 1. The molecule has 0 spiro atoms. The van der Waals surface area contributed by atoms with Gasteiger partial charge >= 0.3 is 0 Å². The smallest absolute Gasteiger partial charge is 0.270 e. The van der Waals surface area contributed by atoms with Gasteiger partial charge in [0.15, 0.2) is 5.11 Å². The van der Waals surface area contributed by atoms with Crippen LogP contribution in [0.4, 0.5) is 5.69 Å². The summed E-state index contributed by atoms with van der Waals surface area (Å²) in [5.41, 5.74) is 6.42. The molecule has 1 fully saturated rings. The summed E-state index contributed by atoms with van der Waals surface area (Å²) >= 11 is 5.33. The number of anilines is 1. The summed E-state index contributed by atoms with van der Waals surface area (Å²) in [6.45, 7) is 3.97. The molecule has 184 valence electrons. The molecule has 0 atom stereocenters. The Hall–Kier alpha value is -4.49. The van der Waals surface area contributed by atoms with Crippen molar-refractivity contribution in [1.29, 1.82) is 0 Å². The first kappa shape index (κ1) is 24.2. The zero-order valence-electron chi connectivity index (χ0n) is 20.7. The first-order valence-electron chi connectivity index (χ1n) is 11.8. The second-order valence-corrected chi connectivity index (χ2v) is 9.09. The van der Waals surface area contributed by atoms with E-state index in [4.69, 9.17) is 17.0 Å². The fourth-order valence-electron chi connectivity index (χ4n) is 4.61. The lowest BCUT2D eigenvalue weighted by atomic mass is 10.1. The van der Waals surface area contributed by atoms with Gasteiger partial charge in [0.1, 0.15) is 11.3 Å². The van der Waals surface area contributed by atoms with Crippen molar-refractivity contribution in [2.45, 2.75) is 13.8 Å². The molecule has 0 unspecified atom stereocenters. The van der Waals surface area contributed by atoms with E-state index >= 15 is 0 Å². The molecule has 2 heterocycles. The maximum atomic E-state index is 13.5. The number of carbonyl (C=O) groups is 2. The minimum Gasteiger partial charge on any atom is -0.495 e. The number of thiocarbonyl (C=S) groups is 1. The van der Waals surface area contributed by atoms with Crippen LogP contribution < -0.4 is 15.0 Å². The lowest BCUT2D eigenvalue weighted by molar-refractivity contribution is -0.122. The molecule has 37 heavy (non-hydrogen) atoms. The molecule has 6 nitrogen and oxygen atoms in total. The maximum Gasteiger partial charge on any atom is 0.270 e. The molecule has 3 aromatic carbocycles. The number of para-hydroxylation sites is 2. The predicted octanol–water partition coefficient (Wildman–Crippen LogP) is 5.60. The Bertz CT molecular complexity index is 1550. The summed E-state index contributed by atoms with van der Waals surface area (Å²) in [4.78, 5) is 27.6. The number of rotatable bonds is 5. The quantitative estimate of drug-likeness (QED) is 0.217. The average molecular weight is 508 g/mol.